The molecule has 1 unspecified atom stereocenters. The second kappa shape index (κ2) is 7.23. The lowest BCUT2D eigenvalue weighted by Gasteiger charge is -2.17. The van der Waals surface area contributed by atoms with Crippen LogP contribution in [0.5, 0.6) is 5.88 Å². The third-order valence-corrected chi connectivity index (χ3v) is 4.80. The van der Waals surface area contributed by atoms with Crippen molar-refractivity contribution >= 4 is 16.6 Å². The van der Waals surface area contributed by atoms with Crippen molar-refractivity contribution in [2.45, 2.75) is 6.10 Å². The third kappa shape index (κ3) is 3.17. The number of rotatable bonds is 5. The average molecular weight is 406 g/mol. The molecule has 0 spiro atoms. The molecule has 0 aliphatic rings. The van der Waals surface area contributed by atoms with E-state index in [9.17, 15) is 8.78 Å². The van der Waals surface area contributed by atoms with Gasteiger partial charge in [-0.3, -0.25) is 0 Å². The van der Waals surface area contributed by atoms with Crippen molar-refractivity contribution < 1.29 is 17.9 Å². The van der Waals surface area contributed by atoms with Crippen LogP contribution in [0.4, 0.5) is 8.78 Å². The van der Waals surface area contributed by atoms with E-state index in [1.807, 2.05) is 30.3 Å². The molecule has 0 saturated heterocycles. The van der Waals surface area contributed by atoms with Gasteiger partial charge in [-0.1, -0.05) is 18.2 Å². The molecule has 3 aromatic heterocycles. The fourth-order valence-electron chi connectivity index (χ4n) is 3.34. The topological polar surface area (TPSA) is 78.6 Å². The van der Waals surface area contributed by atoms with Gasteiger partial charge in [-0.15, -0.1) is 5.10 Å². The van der Waals surface area contributed by atoms with Crippen molar-refractivity contribution in [1.82, 2.24) is 14.6 Å². The number of nitrogens with two attached hydrogens (primary N) is 1. The van der Waals surface area contributed by atoms with Crippen LogP contribution in [0.15, 0.2) is 71.3 Å². The lowest BCUT2D eigenvalue weighted by atomic mass is 10.1. The molecule has 5 aromatic rings. The van der Waals surface area contributed by atoms with E-state index in [-0.39, 0.29) is 18.0 Å². The van der Waals surface area contributed by atoms with Gasteiger partial charge in [0.05, 0.1) is 6.20 Å². The minimum Gasteiger partial charge on any atom is -0.467 e. The maximum Gasteiger partial charge on any atom is 0.232 e. The van der Waals surface area contributed by atoms with Crippen molar-refractivity contribution in [2.75, 3.05) is 6.54 Å². The Morgan fingerprint density at radius 2 is 1.93 bits per heavy atom. The molecule has 6 nitrogen and oxygen atoms in total. The summed E-state index contributed by atoms with van der Waals surface area (Å²) in [6.45, 7) is -0.0113. The van der Waals surface area contributed by atoms with Gasteiger partial charge in [0.2, 0.25) is 5.88 Å². The lowest BCUT2D eigenvalue weighted by Crippen LogP contribution is -2.20. The summed E-state index contributed by atoms with van der Waals surface area (Å²) in [5.74, 6) is -0.567. The van der Waals surface area contributed by atoms with Crippen LogP contribution in [-0.2, 0) is 0 Å². The zero-order valence-corrected chi connectivity index (χ0v) is 15.6. The SMILES string of the molecule is NCC(Oc1ccc2ncc(-c3cc4ccccc4o3)n2n1)c1ccc(F)cc1F. The van der Waals surface area contributed by atoms with Crippen molar-refractivity contribution in [3.05, 3.63) is 84.1 Å². The molecule has 1 atom stereocenters. The molecule has 0 bridgehead atoms. The maximum atomic E-state index is 14.2. The van der Waals surface area contributed by atoms with E-state index in [1.165, 1.54) is 6.07 Å². The van der Waals surface area contributed by atoms with E-state index in [4.69, 9.17) is 14.9 Å². The van der Waals surface area contributed by atoms with E-state index < -0.39 is 17.7 Å². The Balaban J connectivity index is 1.52. The molecule has 5 rings (SSSR count). The van der Waals surface area contributed by atoms with Crippen LogP contribution in [0.1, 0.15) is 11.7 Å². The molecule has 30 heavy (non-hydrogen) atoms. The van der Waals surface area contributed by atoms with Gasteiger partial charge in [0.1, 0.15) is 29.0 Å². The molecule has 0 amide bonds. The molecule has 2 N–H and O–H groups in total. The lowest BCUT2D eigenvalue weighted by molar-refractivity contribution is 0.197. The largest absolute Gasteiger partial charge is 0.467 e. The van der Waals surface area contributed by atoms with Gasteiger partial charge in [0.15, 0.2) is 11.4 Å². The van der Waals surface area contributed by atoms with Gasteiger partial charge in [0.25, 0.3) is 0 Å². The first-order chi connectivity index (χ1) is 14.6. The Kier molecular flexibility index (Phi) is 4.40. The summed E-state index contributed by atoms with van der Waals surface area (Å²) in [7, 11) is 0. The van der Waals surface area contributed by atoms with Crippen LogP contribution >= 0.6 is 0 Å². The average Bonchev–Trinajstić information content (AvgIpc) is 3.35. The summed E-state index contributed by atoms with van der Waals surface area (Å²) in [4.78, 5) is 4.35. The van der Waals surface area contributed by atoms with E-state index in [2.05, 4.69) is 10.1 Å². The number of para-hydroxylation sites is 1. The maximum absolute atomic E-state index is 14.2. The fraction of sp³-hybridized carbons (Fsp3) is 0.0909. The quantitative estimate of drug-likeness (QED) is 0.465. The normalized spacial score (nSPS) is 12.5. The number of imidazole rings is 1. The number of benzene rings is 2. The molecule has 0 radical (unpaired) electrons. The molecule has 0 saturated carbocycles. The standard InChI is InChI=1S/C22H16F2N4O2/c23-14-5-6-15(16(24)10-14)20(11-25)30-22-8-7-21-26-12-17(28(21)27-22)19-9-13-3-1-2-4-18(13)29-19/h1-10,12,20H,11,25H2. The summed E-state index contributed by atoms with van der Waals surface area (Å²) >= 11 is 0. The van der Waals surface area contributed by atoms with Crippen LogP contribution in [0.25, 0.3) is 28.1 Å². The summed E-state index contributed by atoms with van der Waals surface area (Å²) in [5, 5.41) is 5.42. The molecule has 0 aliphatic heterocycles. The van der Waals surface area contributed by atoms with Crippen LogP contribution in [-0.4, -0.2) is 21.1 Å². The van der Waals surface area contributed by atoms with Crippen LogP contribution < -0.4 is 10.5 Å². The zero-order chi connectivity index (χ0) is 20.7. The number of hydrogen-bond donors (Lipinski definition) is 1. The number of halogens is 2. The molecule has 2 aromatic carbocycles. The Morgan fingerprint density at radius 3 is 2.73 bits per heavy atom. The second-order valence-corrected chi connectivity index (χ2v) is 6.74. The minimum atomic E-state index is -0.825. The van der Waals surface area contributed by atoms with Crippen molar-refractivity contribution in [2.24, 2.45) is 5.73 Å². The van der Waals surface area contributed by atoms with E-state index in [0.717, 1.165) is 23.1 Å². The van der Waals surface area contributed by atoms with Crippen molar-refractivity contribution in [1.29, 1.82) is 0 Å². The Morgan fingerprint density at radius 1 is 1.07 bits per heavy atom. The zero-order valence-electron chi connectivity index (χ0n) is 15.6. The molecule has 0 fully saturated rings. The van der Waals surface area contributed by atoms with Crippen molar-refractivity contribution in [3.8, 4) is 17.3 Å². The van der Waals surface area contributed by atoms with Gasteiger partial charge >= 0.3 is 0 Å². The van der Waals surface area contributed by atoms with E-state index >= 15 is 0 Å². The Labute approximate surface area is 169 Å². The van der Waals surface area contributed by atoms with Gasteiger partial charge in [0, 0.05) is 29.6 Å². The predicted octanol–water partition coefficient (Wildman–Crippen LogP) is 4.50. The minimum absolute atomic E-state index is 0.0113. The first-order valence-corrected chi connectivity index (χ1v) is 9.28. The van der Waals surface area contributed by atoms with Gasteiger partial charge in [-0.25, -0.2) is 18.3 Å². The highest BCUT2D eigenvalue weighted by Crippen LogP contribution is 2.29. The van der Waals surface area contributed by atoms with Crippen LogP contribution in [0.3, 0.4) is 0 Å². The number of fused-ring (bicyclic) bond motifs is 2. The summed E-state index contributed by atoms with van der Waals surface area (Å²) in [5.41, 5.74) is 7.91. The van der Waals surface area contributed by atoms with Gasteiger partial charge < -0.3 is 14.9 Å². The number of aromatic nitrogens is 3. The van der Waals surface area contributed by atoms with Gasteiger partial charge in [-0.2, -0.15) is 0 Å². The van der Waals surface area contributed by atoms with E-state index in [1.54, 1.807) is 22.8 Å². The molecule has 3 heterocycles. The smallest absolute Gasteiger partial charge is 0.232 e. The monoisotopic (exact) mass is 406 g/mol. The number of hydrogen-bond acceptors (Lipinski definition) is 5. The number of nitrogens with zero attached hydrogens (tertiary/aromatic N) is 3. The highest BCUT2D eigenvalue weighted by atomic mass is 19.1. The Hall–Kier alpha value is -3.78. The van der Waals surface area contributed by atoms with Crippen LogP contribution in [0.2, 0.25) is 0 Å². The molecule has 8 heteroatoms. The second-order valence-electron chi connectivity index (χ2n) is 6.74. The van der Waals surface area contributed by atoms with Crippen LogP contribution in [0, 0.1) is 11.6 Å². The summed E-state index contributed by atoms with van der Waals surface area (Å²) in [6, 6.07) is 16.2. The highest BCUT2D eigenvalue weighted by molar-refractivity contribution is 5.82. The summed E-state index contributed by atoms with van der Waals surface area (Å²) in [6.07, 6.45) is 0.831. The fourth-order valence-corrected chi connectivity index (χ4v) is 3.34. The molecule has 0 aliphatic carbocycles. The molecular weight excluding hydrogens is 390 g/mol. The summed E-state index contributed by atoms with van der Waals surface area (Å²) < 4.78 is 40.7. The predicted molar refractivity (Wildman–Crippen MR) is 107 cm³/mol. The first kappa shape index (κ1) is 18.3. The van der Waals surface area contributed by atoms with Crippen molar-refractivity contribution in [3.63, 3.8) is 0 Å². The number of furan rings is 1. The highest BCUT2D eigenvalue weighted by Gasteiger charge is 2.19. The molecular formula is C22H16F2N4O2. The van der Waals surface area contributed by atoms with E-state index in [0.29, 0.717) is 17.1 Å². The Bertz CT molecular complexity index is 1330. The van der Waals surface area contributed by atoms with Gasteiger partial charge in [-0.05, 0) is 30.3 Å². The first-order valence-electron chi connectivity index (χ1n) is 9.28. The molecule has 150 valence electrons. The number of ether oxygens (including phenoxy) is 1. The third-order valence-electron chi connectivity index (χ3n) is 4.80.